The number of nitrogen functional groups attached to an aromatic ring is 1. The third-order valence-corrected chi connectivity index (χ3v) is 4.16. The monoisotopic (exact) mass is 336 g/mol. The Morgan fingerprint density at radius 3 is 2.62 bits per heavy atom. The molecule has 2 N–H and O–H groups in total. The fourth-order valence-corrected chi connectivity index (χ4v) is 2.89. The molecule has 0 aromatic heterocycles. The molecule has 1 aromatic rings. The van der Waals surface area contributed by atoms with E-state index >= 15 is 0 Å². The van der Waals surface area contributed by atoms with Crippen LogP contribution in [0.15, 0.2) is 12.1 Å². The van der Waals surface area contributed by atoms with E-state index in [4.69, 9.17) is 19.9 Å². The summed E-state index contributed by atoms with van der Waals surface area (Å²) >= 11 is 0. The van der Waals surface area contributed by atoms with E-state index in [1.54, 1.807) is 26.2 Å². The average molecular weight is 336 g/mol. The maximum absolute atomic E-state index is 11.9. The molecular formula is C18H28N2O4. The van der Waals surface area contributed by atoms with Gasteiger partial charge in [-0.25, -0.2) is 4.79 Å². The van der Waals surface area contributed by atoms with Crippen molar-refractivity contribution < 1.29 is 19.0 Å². The Balaban J connectivity index is 1.91. The van der Waals surface area contributed by atoms with Gasteiger partial charge < -0.3 is 24.8 Å². The minimum atomic E-state index is -0.454. The van der Waals surface area contributed by atoms with E-state index in [-0.39, 0.29) is 0 Å². The Kier molecular flexibility index (Phi) is 7.18. The molecule has 0 unspecified atom stereocenters. The van der Waals surface area contributed by atoms with E-state index in [2.05, 4.69) is 4.90 Å². The summed E-state index contributed by atoms with van der Waals surface area (Å²) in [7, 11) is 1.54. The molecule has 0 bridgehead atoms. The second kappa shape index (κ2) is 9.37. The van der Waals surface area contributed by atoms with E-state index in [1.807, 2.05) is 0 Å². The summed E-state index contributed by atoms with van der Waals surface area (Å²) in [4.78, 5) is 14.4. The molecule has 0 spiro atoms. The van der Waals surface area contributed by atoms with Crippen LogP contribution in [0.4, 0.5) is 5.69 Å². The van der Waals surface area contributed by atoms with Crippen LogP contribution in [0.5, 0.6) is 11.5 Å². The van der Waals surface area contributed by atoms with E-state index < -0.39 is 5.97 Å². The lowest BCUT2D eigenvalue weighted by Gasteiger charge is -2.26. The lowest BCUT2D eigenvalue weighted by molar-refractivity contribution is 0.0527. The molecule has 0 radical (unpaired) electrons. The van der Waals surface area contributed by atoms with Gasteiger partial charge in [-0.05, 0) is 39.3 Å². The minimum Gasteiger partial charge on any atom is -0.493 e. The van der Waals surface area contributed by atoms with E-state index in [1.165, 1.54) is 32.4 Å². The first-order valence-corrected chi connectivity index (χ1v) is 8.65. The van der Waals surface area contributed by atoms with Crippen LogP contribution in [0.3, 0.4) is 0 Å². The van der Waals surface area contributed by atoms with Gasteiger partial charge in [0.05, 0.1) is 31.6 Å². The number of hydrogen-bond acceptors (Lipinski definition) is 6. The molecular weight excluding hydrogens is 308 g/mol. The second-order valence-corrected chi connectivity index (χ2v) is 5.92. The van der Waals surface area contributed by atoms with Crippen LogP contribution in [-0.4, -0.2) is 50.8 Å². The van der Waals surface area contributed by atoms with Gasteiger partial charge in [-0.2, -0.15) is 0 Å². The Hall–Kier alpha value is -1.95. The molecule has 0 aliphatic carbocycles. The number of nitrogens with two attached hydrogens (primary N) is 1. The molecule has 24 heavy (non-hydrogen) atoms. The van der Waals surface area contributed by atoms with Gasteiger partial charge in [0.1, 0.15) is 0 Å². The number of ether oxygens (including phenoxy) is 3. The number of carbonyl (C=O) groups excluding carboxylic acids is 1. The van der Waals surface area contributed by atoms with Crippen molar-refractivity contribution >= 4 is 11.7 Å². The first-order valence-electron chi connectivity index (χ1n) is 8.65. The normalized spacial score (nSPS) is 15.1. The predicted molar refractivity (Wildman–Crippen MR) is 93.8 cm³/mol. The van der Waals surface area contributed by atoms with Crippen molar-refractivity contribution in [1.82, 2.24) is 4.90 Å². The highest BCUT2D eigenvalue weighted by atomic mass is 16.5. The van der Waals surface area contributed by atoms with Crippen LogP contribution in [0.2, 0.25) is 0 Å². The van der Waals surface area contributed by atoms with Crippen LogP contribution >= 0.6 is 0 Å². The Morgan fingerprint density at radius 2 is 1.96 bits per heavy atom. The summed E-state index contributed by atoms with van der Waals surface area (Å²) in [6.07, 6.45) is 4.88. The molecule has 1 aliphatic rings. The first kappa shape index (κ1) is 18.4. The highest BCUT2D eigenvalue weighted by molar-refractivity contribution is 5.96. The fraction of sp³-hybridized carbons (Fsp3) is 0.611. The molecule has 6 nitrogen and oxygen atoms in total. The molecule has 1 aliphatic heterocycles. The highest BCUT2D eigenvalue weighted by Crippen LogP contribution is 2.32. The number of rotatable bonds is 8. The van der Waals surface area contributed by atoms with Gasteiger partial charge in [0.25, 0.3) is 0 Å². The minimum absolute atomic E-state index is 0.300. The zero-order valence-corrected chi connectivity index (χ0v) is 14.7. The van der Waals surface area contributed by atoms with Crippen LogP contribution in [0.25, 0.3) is 0 Å². The SMILES string of the molecule is CCOC(=O)c1cc(OC)c(OCCCN2CCCCC2)cc1N. The third kappa shape index (κ3) is 5.03. The Morgan fingerprint density at radius 1 is 1.21 bits per heavy atom. The quantitative estimate of drug-likeness (QED) is 0.447. The van der Waals surface area contributed by atoms with Crippen molar-refractivity contribution in [2.24, 2.45) is 0 Å². The molecule has 6 heteroatoms. The Bertz CT molecular complexity index is 542. The largest absolute Gasteiger partial charge is 0.493 e. The van der Waals surface area contributed by atoms with Crippen molar-refractivity contribution in [3.63, 3.8) is 0 Å². The van der Waals surface area contributed by atoms with Crippen molar-refractivity contribution in [3.05, 3.63) is 17.7 Å². The number of hydrogen-bond donors (Lipinski definition) is 1. The van der Waals surface area contributed by atoms with Gasteiger partial charge in [-0.15, -0.1) is 0 Å². The molecule has 1 fully saturated rings. The maximum atomic E-state index is 11.9. The van der Waals surface area contributed by atoms with Crippen LogP contribution in [0, 0.1) is 0 Å². The zero-order chi connectivity index (χ0) is 17.4. The fourth-order valence-electron chi connectivity index (χ4n) is 2.89. The number of piperidine rings is 1. The van der Waals surface area contributed by atoms with Crippen LogP contribution in [-0.2, 0) is 4.74 Å². The molecule has 0 saturated carbocycles. The van der Waals surface area contributed by atoms with E-state index in [0.29, 0.717) is 36.0 Å². The van der Waals surface area contributed by atoms with E-state index in [0.717, 1.165) is 13.0 Å². The molecule has 1 heterocycles. The molecule has 1 saturated heterocycles. The maximum Gasteiger partial charge on any atom is 0.340 e. The predicted octanol–water partition coefficient (Wildman–Crippen LogP) is 2.71. The Labute approximate surface area is 143 Å². The summed E-state index contributed by atoms with van der Waals surface area (Å²) in [6, 6.07) is 3.21. The number of methoxy groups -OCH3 is 1. The number of esters is 1. The van der Waals surface area contributed by atoms with Gasteiger partial charge in [0, 0.05) is 18.7 Å². The number of anilines is 1. The lowest BCUT2D eigenvalue weighted by atomic mass is 10.1. The number of carbonyl (C=O) groups is 1. The van der Waals surface area contributed by atoms with Gasteiger partial charge in [0.2, 0.25) is 0 Å². The summed E-state index contributed by atoms with van der Waals surface area (Å²) in [5.41, 5.74) is 6.59. The summed E-state index contributed by atoms with van der Waals surface area (Å²) < 4.78 is 16.1. The lowest BCUT2D eigenvalue weighted by Crippen LogP contribution is -2.31. The van der Waals surface area contributed by atoms with Gasteiger partial charge in [-0.1, -0.05) is 6.42 Å². The first-order chi connectivity index (χ1) is 11.7. The smallest absolute Gasteiger partial charge is 0.340 e. The molecule has 0 atom stereocenters. The zero-order valence-electron chi connectivity index (χ0n) is 14.7. The third-order valence-electron chi connectivity index (χ3n) is 4.16. The molecule has 134 valence electrons. The van der Waals surface area contributed by atoms with Crippen molar-refractivity contribution in [3.8, 4) is 11.5 Å². The summed E-state index contributed by atoms with van der Waals surface area (Å²) in [6.45, 7) is 6.05. The van der Waals surface area contributed by atoms with Crippen molar-refractivity contribution in [1.29, 1.82) is 0 Å². The van der Waals surface area contributed by atoms with Crippen LogP contribution in [0.1, 0.15) is 43.0 Å². The van der Waals surface area contributed by atoms with Gasteiger partial charge in [-0.3, -0.25) is 0 Å². The molecule has 2 rings (SSSR count). The molecule has 1 aromatic carbocycles. The van der Waals surface area contributed by atoms with Crippen molar-refractivity contribution in [2.75, 3.05) is 45.7 Å². The van der Waals surface area contributed by atoms with E-state index in [9.17, 15) is 4.79 Å². The van der Waals surface area contributed by atoms with Gasteiger partial charge >= 0.3 is 5.97 Å². The highest BCUT2D eigenvalue weighted by Gasteiger charge is 2.16. The topological polar surface area (TPSA) is 74.0 Å². The second-order valence-electron chi connectivity index (χ2n) is 5.92. The van der Waals surface area contributed by atoms with Gasteiger partial charge in [0.15, 0.2) is 11.5 Å². The molecule has 0 amide bonds. The van der Waals surface area contributed by atoms with Crippen LogP contribution < -0.4 is 15.2 Å². The number of likely N-dealkylation sites (tertiary alicyclic amines) is 1. The number of nitrogens with zero attached hydrogens (tertiary/aromatic N) is 1. The average Bonchev–Trinajstić information content (AvgIpc) is 2.60. The van der Waals surface area contributed by atoms with Crippen molar-refractivity contribution in [2.45, 2.75) is 32.6 Å². The standard InChI is InChI=1S/C18H28N2O4/c1-3-23-18(21)14-12-16(22-2)17(13-15(14)19)24-11-7-10-20-8-5-4-6-9-20/h12-13H,3-11,19H2,1-2H3. The number of benzene rings is 1. The summed E-state index contributed by atoms with van der Waals surface area (Å²) in [5, 5.41) is 0. The summed E-state index contributed by atoms with van der Waals surface area (Å²) in [5.74, 6) is 0.594.